The third-order valence-corrected chi connectivity index (χ3v) is 4.16. The average Bonchev–Trinajstić information content (AvgIpc) is 2.67. The summed E-state index contributed by atoms with van der Waals surface area (Å²) in [6, 6.07) is -0.119. The van der Waals surface area contributed by atoms with E-state index in [1.165, 1.54) is 0 Å². The molecule has 1 saturated carbocycles. The molecule has 2 unspecified atom stereocenters. The maximum absolute atomic E-state index is 11.3. The summed E-state index contributed by atoms with van der Waals surface area (Å²) in [6.07, 6.45) is 5.42. The fourth-order valence-electron chi connectivity index (χ4n) is 3.12. The maximum Gasteiger partial charge on any atom is 0.313 e. The summed E-state index contributed by atoms with van der Waals surface area (Å²) in [4.78, 5) is 11.0. The predicted molar refractivity (Wildman–Crippen MR) is 75.8 cm³/mol. The Hall–Kier alpha value is -1.43. The Morgan fingerprint density at radius 3 is 2.60 bits per heavy atom. The highest BCUT2D eigenvalue weighted by atomic mass is 16.6. The molecule has 1 aliphatic rings. The second-order valence-corrected chi connectivity index (χ2v) is 5.42. The van der Waals surface area contributed by atoms with Crippen LogP contribution in [0.5, 0.6) is 0 Å². The summed E-state index contributed by atoms with van der Waals surface area (Å²) >= 11 is 0. The lowest BCUT2D eigenvalue weighted by molar-refractivity contribution is -0.386. The second kappa shape index (κ2) is 6.35. The molecule has 0 spiro atoms. The van der Waals surface area contributed by atoms with Crippen molar-refractivity contribution in [3.8, 4) is 0 Å². The van der Waals surface area contributed by atoms with Crippen molar-refractivity contribution in [3.63, 3.8) is 0 Å². The SMILES string of the molecule is CCc1nn(C2CCCCCC2O)c(CC)c1[N+](=O)[O-]. The van der Waals surface area contributed by atoms with Gasteiger partial charge >= 0.3 is 5.69 Å². The summed E-state index contributed by atoms with van der Waals surface area (Å²) in [7, 11) is 0. The molecule has 6 heteroatoms. The largest absolute Gasteiger partial charge is 0.391 e. The number of hydrogen-bond donors (Lipinski definition) is 1. The van der Waals surface area contributed by atoms with Gasteiger partial charge in [-0.25, -0.2) is 0 Å². The third kappa shape index (κ3) is 2.70. The lowest BCUT2D eigenvalue weighted by Gasteiger charge is -2.22. The standard InChI is InChI=1S/C14H23N3O3/c1-3-10-14(17(19)20)11(4-2)16(15-10)12-8-6-5-7-9-13(12)18/h12-13,18H,3-9H2,1-2H3. The first-order valence-electron chi connectivity index (χ1n) is 7.52. The van der Waals surface area contributed by atoms with Crippen molar-refractivity contribution in [1.82, 2.24) is 9.78 Å². The van der Waals surface area contributed by atoms with Gasteiger partial charge in [-0.3, -0.25) is 14.8 Å². The summed E-state index contributed by atoms with van der Waals surface area (Å²) in [5.74, 6) is 0. The molecule has 112 valence electrons. The Morgan fingerprint density at radius 1 is 1.30 bits per heavy atom. The van der Waals surface area contributed by atoms with E-state index in [-0.39, 0.29) is 16.7 Å². The molecule has 0 bridgehead atoms. The van der Waals surface area contributed by atoms with Crippen LogP contribution in [0.2, 0.25) is 0 Å². The van der Waals surface area contributed by atoms with Gasteiger partial charge in [0.05, 0.1) is 17.1 Å². The van der Waals surface area contributed by atoms with Crippen molar-refractivity contribution < 1.29 is 10.0 Å². The molecule has 1 aliphatic carbocycles. The monoisotopic (exact) mass is 281 g/mol. The number of aliphatic hydroxyl groups excluding tert-OH is 1. The van der Waals surface area contributed by atoms with E-state index in [9.17, 15) is 15.2 Å². The van der Waals surface area contributed by atoms with Crippen LogP contribution >= 0.6 is 0 Å². The summed E-state index contributed by atoms with van der Waals surface area (Å²) in [6.45, 7) is 3.78. The Morgan fingerprint density at radius 2 is 2.00 bits per heavy atom. The molecule has 1 fully saturated rings. The molecule has 2 rings (SSSR count). The predicted octanol–water partition coefficient (Wildman–Crippen LogP) is 2.78. The van der Waals surface area contributed by atoms with Gasteiger partial charge in [0.25, 0.3) is 0 Å². The van der Waals surface area contributed by atoms with Crippen molar-refractivity contribution in [2.75, 3.05) is 0 Å². The average molecular weight is 281 g/mol. The molecule has 0 aliphatic heterocycles. The summed E-state index contributed by atoms with van der Waals surface area (Å²) < 4.78 is 1.74. The van der Waals surface area contributed by atoms with Crippen molar-refractivity contribution >= 4 is 5.69 Å². The molecule has 0 amide bonds. The van der Waals surface area contributed by atoms with Gasteiger partial charge in [0.1, 0.15) is 11.4 Å². The minimum absolute atomic E-state index is 0.119. The molecule has 6 nitrogen and oxygen atoms in total. The fraction of sp³-hybridized carbons (Fsp3) is 0.786. The lowest BCUT2D eigenvalue weighted by atomic mass is 10.1. The molecule has 20 heavy (non-hydrogen) atoms. The van der Waals surface area contributed by atoms with Crippen LogP contribution in [0.15, 0.2) is 0 Å². The van der Waals surface area contributed by atoms with E-state index in [1.807, 2.05) is 13.8 Å². The van der Waals surface area contributed by atoms with Crippen LogP contribution in [-0.2, 0) is 12.8 Å². The zero-order valence-electron chi connectivity index (χ0n) is 12.2. The molecule has 1 aromatic rings. The molecule has 0 saturated heterocycles. The third-order valence-electron chi connectivity index (χ3n) is 4.16. The maximum atomic E-state index is 11.3. The molecular weight excluding hydrogens is 258 g/mol. The van der Waals surface area contributed by atoms with Gasteiger partial charge in [-0.2, -0.15) is 5.10 Å². The van der Waals surface area contributed by atoms with Crippen LogP contribution in [0.4, 0.5) is 5.69 Å². The molecule has 0 aromatic carbocycles. The normalized spacial score (nSPS) is 23.6. The highest BCUT2D eigenvalue weighted by Crippen LogP contribution is 2.33. The smallest absolute Gasteiger partial charge is 0.313 e. The van der Waals surface area contributed by atoms with Crippen LogP contribution in [0.3, 0.4) is 0 Å². The van der Waals surface area contributed by atoms with E-state index in [4.69, 9.17) is 0 Å². The molecule has 1 aromatic heterocycles. The first kappa shape index (κ1) is 15.0. The van der Waals surface area contributed by atoms with E-state index in [0.29, 0.717) is 24.2 Å². The lowest BCUT2D eigenvalue weighted by Crippen LogP contribution is -2.25. The van der Waals surface area contributed by atoms with Crippen LogP contribution in [-0.4, -0.2) is 25.9 Å². The summed E-state index contributed by atoms with van der Waals surface area (Å²) in [5.41, 5.74) is 1.33. The molecule has 1 heterocycles. The quantitative estimate of drug-likeness (QED) is 0.522. The van der Waals surface area contributed by atoms with Gasteiger partial charge < -0.3 is 5.11 Å². The molecule has 2 atom stereocenters. The highest BCUT2D eigenvalue weighted by Gasteiger charge is 2.32. The van der Waals surface area contributed by atoms with Crippen molar-refractivity contribution in [1.29, 1.82) is 0 Å². The van der Waals surface area contributed by atoms with Crippen molar-refractivity contribution in [3.05, 3.63) is 21.5 Å². The van der Waals surface area contributed by atoms with Crippen LogP contribution < -0.4 is 0 Å². The summed E-state index contributed by atoms with van der Waals surface area (Å²) in [5, 5.41) is 26.1. The van der Waals surface area contributed by atoms with Gasteiger partial charge in [-0.1, -0.05) is 33.1 Å². The highest BCUT2D eigenvalue weighted by molar-refractivity contribution is 5.41. The Balaban J connectivity index is 2.47. The van der Waals surface area contributed by atoms with Crippen LogP contribution in [0.25, 0.3) is 0 Å². The zero-order chi connectivity index (χ0) is 14.7. The van der Waals surface area contributed by atoms with Gasteiger partial charge in [0.2, 0.25) is 0 Å². The number of rotatable bonds is 4. The minimum Gasteiger partial charge on any atom is -0.391 e. The molecule has 0 radical (unpaired) electrons. The first-order valence-corrected chi connectivity index (χ1v) is 7.52. The number of nitro groups is 1. The number of aryl methyl sites for hydroxylation is 1. The van der Waals surface area contributed by atoms with E-state index < -0.39 is 6.10 Å². The van der Waals surface area contributed by atoms with Crippen molar-refractivity contribution in [2.45, 2.75) is 70.9 Å². The van der Waals surface area contributed by atoms with E-state index >= 15 is 0 Å². The van der Waals surface area contributed by atoms with E-state index in [1.54, 1.807) is 4.68 Å². The topological polar surface area (TPSA) is 81.2 Å². The van der Waals surface area contributed by atoms with Crippen molar-refractivity contribution in [2.24, 2.45) is 0 Å². The van der Waals surface area contributed by atoms with Gasteiger partial charge in [0, 0.05) is 0 Å². The Bertz CT molecular complexity index is 484. The number of aromatic nitrogens is 2. The molecular formula is C14H23N3O3. The van der Waals surface area contributed by atoms with E-state index in [0.717, 1.165) is 32.1 Å². The van der Waals surface area contributed by atoms with Crippen LogP contribution in [0, 0.1) is 10.1 Å². The Kier molecular flexibility index (Phi) is 4.75. The van der Waals surface area contributed by atoms with Gasteiger partial charge in [0.15, 0.2) is 0 Å². The number of aliphatic hydroxyl groups is 1. The minimum atomic E-state index is -0.452. The second-order valence-electron chi connectivity index (χ2n) is 5.42. The number of nitrogens with zero attached hydrogens (tertiary/aromatic N) is 3. The Labute approximate surface area is 118 Å². The fourth-order valence-corrected chi connectivity index (χ4v) is 3.12. The number of hydrogen-bond acceptors (Lipinski definition) is 4. The zero-order valence-corrected chi connectivity index (χ0v) is 12.2. The van der Waals surface area contributed by atoms with Gasteiger partial charge in [-0.15, -0.1) is 0 Å². The molecule has 1 N–H and O–H groups in total. The first-order chi connectivity index (χ1) is 9.60. The van der Waals surface area contributed by atoms with Crippen LogP contribution in [0.1, 0.15) is 63.4 Å². The van der Waals surface area contributed by atoms with E-state index in [2.05, 4.69) is 5.10 Å². The van der Waals surface area contributed by atoms with Gasteiger partial charge in [-0.05, 0) is 25.7 Å².